The lowest BCUT2D eigenvalue weighted by molar-refractivity contribution is -0.186. The minimum atomic E-state index is -4.93. The largest absolute Gasteiger partial charge is 0.471 e. The first-order valence-electron chi connectivity index (χ1n) is 10.0. The van der Waals surface area contributed by atoms with Crippen LogP contribution < -0.4 is 5.32 Å². The maximum absolute atomic E-state index is 12.9. The third kappa shape index (κ3) is 4.00. The van der Waals surface area contributed by atoms with Gasteiger partial charge in [0.25, 0.3) is 11.8 Å². The smallest absolute Gasteiger partial charge is 0.359 e. The van der Waals surface area contributed by atoms with Crippen LogP contribution in [0.25, 0.3) is 11.6 Å². The molecule has 0 bridgehead atoms. The molecule has 168 valence electrons. The van der Waals surface area contributed by atoms with Gasteiger partial charge in [0, 0.05) is 54.4 Å². The van der Waals surface area contributed by atoms with E-state index in [1.165, 1.54) is 4.90 Å². The zero-order chi connectivity index (χ0) is 23.2. The summed E-state index contributed by atoms with van der Waals surface area (Å²) < 4.78 is 37.9. The fraction of sp³-hybridized carbons (Fsp3) is 0.318. The van der Waals surface area contributed by atoms with Crippen LogP contribution in [-0.2, 0) is 9.59 Å². The Labute approximate surface area is 181 Å². The van der Waals surface area contributed by atoms with Crippen LogP contribution in [0.5, 0.6) is 0 Å². The average Bonchev–Trinajstić information content (AvgIpc) is 3.23. The number of carbonyl (C=O) groups is 3. The number of hydrogen-bond donors (Lipinski definition) is 2. The first-order valence-corrected chi connectivity index (χ1v) is 10.0. The average molecular weight is 446 g/mol. The molecular formula is C22H21F3N4O3. The summed E-state index contributed by atoms with van der Waals surface area (Å²) in [6, 6.07) is 6.78. The van der Waals surface area contributed by atoms with Gasteiger partial charge in [0.05, 0.1) is 5.57 Å². The van der Waals surface area contributed by atoms with Crippen molar-refractivity contribution in [2.45, 2.75) is 20.0 Å². The summed E-state index contributed by atoms with van der Waals surface area (Å²) >= 11 is 0. The fourth-order valence-electron chi connectivity index (χ4n) is 3.98. The second-order valence-electron chi connectivity index (χ2n) is 7.90. The standard InChI is InChI=1S/C22H21F3N4O3/c1-12-9-13(2)26-18(12)11-16-15-10-14(3-4-17(15)27-19(16)30)20(31)28-5-7-29(8-6-28)21(32)22(23,24)25/h3-4,9-11,26H,5-8H2,1-2H3,(H,27,30)/b16-11-. The quantitative estimate of drug-likeness (QED) is 0.696. The molecule has 0 radical (unpaired) electrons. The number of H-pyrrole nitrogens is 1. The number of anilines is 1. The van der Waals surface area contributed by atoms with Gasteiger partial charge in [-0.1, -0.05) is 0 Å². The second-order valence-corrected chi connectivity index (χ2v) is 7.90. The molecule has 1 fully saturated rings. The minimum absolute atomic E-state index is 0.00143. The zero-order valence-electron chi connectivity index (χ0n) is 17.5. The molecule has 0 saturated carbocycles. The molecule has 32 heavy (non-hydrogen) atoms. The predicted molar refractivity (Wildman–Crippen MR) is 112 cm³/mol. The molecule has 0 aliphatic carbocycles. The Balaban J connectivity index is 1.54. The van der Waals surface area contributed by atoms with Gasteiger partial charge in [0.1, 0.15) is 0 Å². The lowest BCUT2D eigenvalue weighted by Crippen LogP contribution is -2.53. The molecule has 1 aromatic carbocycles. The number of carbonyl (C=O) groups excluding carboxylic acids is 3. The van der Waals surface area contributed by atoms with Crippen molar-refractivity contribution in [3.05, 3.63) is 52.3 Å². The van der Waals surface area contributed by atoms with Gasteiger partial charge < -0.3 is 20.1 Å². The number of fused-ring (bicyclic) bond motifs is 1. The van der Waals surface area contributed by atoms with E-state index in [4.69, 9.17) is 0 Å². The van der Waals surface area contributed by atoms with Gasteiger partial charge in [-0.15, -0.1) is 0 Å². The van der Waals surface area contributed by atoms with Crippen LogP contribution in [0.4, 0.5) is 18.9 Å². The number of aromatic nitrogens is 1. The van der Waals surface area contributed by atoms with Gasteiger partial charge in [0.15, 0.2) is 0 Å². The van der Waals surface area contributed by atoms with Crippen LogP contribution >= 0.6 is 0 Å². The van der Waals surface area contributed by atoms with Crippen LogP contribution in [-0.4, -0.2) is 64.9 Å². The summed E-state index contributed by atoms with van der Waals surface area (Å²) in [7, 11) is 0. The molecule has 1 aromatic heterocycles. The van der Waals surface area contributed by atoms with Crippen molar-refractivity contribution in [2.75, 3.05) is 31.5 Å². The highest BCUT2D eigenvalue weighted by Gasteiger charge is 2.43. The Morgan fingerprint density at radius 3 is 2.28 bits per heavy atom. The number of hydrogen-bond acceptors (Lipinski definition) is 3. The highest BCUT2D eigenvalue weighted by molar-refractivity contribution is 6.35. The lowest BCUT2D eigenvalue weighted by Gasteiger charge is -2.35. The first-order chi connectivity index (χ1) is 15.0. The number of piperazine rings is 1. The van der Waals surface area contributed by atoms with E-state index in [2.05, 4.69) is 10.3 Å². The van der Waals surface area contributed by atoms with Gasteiger partial charge in [0.2, 0.25) is 0 Å². The summed E-state index contributed by atoms with van der Waals surface area (Å²) in [5, 5.41) is 2.78. The van der Waals surface area contributed by atoms with Crippen molar-refractivity contribution in [2.24, 2.45) is 0 Å². The first kappa shape index (κ1) is 21.7. The van der Waals surface area contributed by atoms with E-state index in [9.17, 15) is 27.6 Å². The maximum atomic E-state index is 12.9. The molecule has 0 atom stereocenters. The number of rotatable bonds is 2. The van der Waals surface area contributed by atoms with Crippen molar-refractivity contribution >= 4 is 35.1 Å². The predicted octanol–water partition coefficient (Wildman–Crippen LogP) is 2.97. The van der Waals surface area contributed by atoms with E-state index in [-0.39, 0.29) is 38.0 Å². The molecule has 2 aliphatic rings. The third-order valence-corrected chi connectivity index (χ3v) is 5.62. The number of benzene rings is 1. The molecule has 10 heteroatoms. The fourth-order valence-corrected chi connectivity index (χ4v) is 3.98. The summed E-state index contributed by atoms with van der Waals surface area (Å²) in [5.41, 5.74) is 4.64. The minimum Gasteiger partial charge on any atom is -0.359 e. The molecule has 1 saturated heterocycles. The normalized spacial score (nSPS) is 17.5. The van der Waals surface area contributed by atoms with E-state index in [1.54, 1.807) is 24.3 Å². The Morgan fingerprint density at radius 2 is 1.69 bits per heavy atom. The van der Waals surface area contributed by atoms with Crippen molar-refractivity contribution in [1.29, 1.82) is 0 Å². The molecule has 0 unspecified atom stereocenters. The monoisotopic (exact) mass is 446 g/mol. The summed E-state index contributed by atoms with van der Waals surface area (Å²) in [4.78, 5) is 42.1. The molecule has 2 aliphatic heterocycles. The van der Waals surface area contributed by atoms with Gasteiger partial charge in [-0.2, -0.15) is 13.2 Å². The van der Waals surface area contributed by atoms with E-state index in [0.29, 0.717) is 27.3 Å². The molecular weight excluding hydrogens is 425 g/mol. The maximum Gasteiger partial charge on any atom is 0.471 e. The molecule has 2 N–H and O–H groups in total. The van der Waals surface area contributed by atoms with Gasteiger partial charge >= 0.3 is 12.1 Å². The number of alkyl halides is 3. The van der Waals surface area contributed by atoms with Crippen LogP contribution in [0.1, 0.15) is 32.9 Å². The van der Waals surface area contributed by atoms with Crippen molar-refractivity contribution in [1.82, 2.24) is 14.8 Å². The van der Waals surface area contributed by atoms with Crippen LogP contribution in [0.2, 0.25) is 0 Å². The van der Waals surface area contributed by atoms with Crippen molar-refractivity contribution in [3.63, 3.8) is 0 Å². The number of halogens is 3. The summed E-state index contributed by atoms with van der Waals surface area (Å²) in [5.74, 6) is -2.54. The highest BCUT2D eigenvalue weighted by atomic mass is 19.4. The Hall–Kier alpha value is -3.56. The molecule has 3 heterocycles. The van der Waals surface area contributed by atoms with Crippen molar-refractivity contribution in [3.8, 4) is 0 Å². The van der Waals surface area contributed by atoms with E-state index in [1.807, 2.05) is 19.9 Å². The molecule has 2 aromatic rings. The Bertz CT molecular complexity index is 1140. The van der Waals surface area contributed by atoms with Gasteiger partial charge in [-0.3, -0.25) is 14.4 Å². The van der Waals surface area contributed by atoms with Crippen LogP contribution in [0.15, 0.2) is 24.3 Å². The summed E-state index contributed by atoms with van der Waals surface area (Å²) in [6.45, 7) is 3.46. The topological polar surface area (TPSA) is 85.5 Å². The lowest BCUT2D eigenvalue weighted by atomic mass is 10.0. The van der Waals surface area contributed by atoms with Crippen LogP contribution in [0, 0.1) is 13.8 Å². The molecule has 0 spiro atoms. The summed E-state index contributed by atoms with van der Waals surface area (Å²) in [6.07, 6.45) is -3.19. The SMILES string of the molecule is Cc1cc(C)c(/C=C2\C(=O)Nc3ccc(C(=O)N4CCN(C(=O)C(F)(F)F)CC4)cc32)[nH]1. The number of amides is 3. The molecule has 7 nitrogen and oxygen atoms in total. The third-order valence-electron chi connectivity index (χ3n) is 5.62. The van der Waals surface area contributed by atoms with Crippen LogP contribution in [0.3, 0.4) is 0 Å². The van der Waals surface area contributed by atoms with E-state index < -0.39 is 12.1 Å². The van der Waals surface area contributed by atoms with Crippen molar-refractivity contribution < 1.29 is 27.6 Å². The molecule has 3 amide bonds. The molecule has 4 rings (SSSR count). The number of aromatic amines is 1. The highest BCUT2D eigenvalue weighted by Crippen LogP contribution is 2.34. The number of aryl methyl sites for hydroxylation is 2. The second kappa shape index (κ2) is 7.85. The number of nitrogens with one attached hydrogen (secondary N) is 2. The Kier molecular flexibility index (Phi) is 5.31. The number of nitrogens with zero attached hydrogens (tertiary/aromatic N) is 2. The zero-order valence-corrected chi connectivity index (χ0v) is 17.5. The van der Waals surface area contributed by atoms with E-state index >= 15 is 0 Å². The van der Waals surface area contributed by atoms with Gasteiger partial charge in [-0.25, -0.2) is 0 Å². The Morgan fingerprint density at radius 1 is 1.03 bits per heavy atom. The van der Waals surface area contributed by atoms with E-state index in [0.717, 1.165) is 17.0 Å². The van der Waals surface area contributed by atoms with Gasteiger partial charge in [-0.05, 0) is 49.8 Å².